The Morgan fingerprint density at radius 2 is 1.70 bits per heavy atom. The maximum atomic E-state index is 13.5. The quantitative estimate of drug-likeness (QED) is 0.370. The molecule has 0 saturated heterocycles. The lowest BCUT2D eigenvalue weighted by Gasteiger charge is -2.27. The molecule has 3 aromatic rings. The van der Waals surface area contributed by atoms with E-state index in [1.807, 2.05) is 32.0 Å². The van der Waals surface area contributed by atoms with Crippen LogP contribution in [0.3, 0.4) is 0 Å². The Hall–Kier alpha value is -3.74. The van der Waals surface area contributed by atoms with Crippen LogP contribution in [0.5, 0.6) is 0 Å². The Bertz CT molecular complexity index is 1220. The van der Waals surface area contributed by atoms with Crippen LogP contribution in [0.15, 0.2) is 67.3 Å². The summed E-state index contributed by atoms with van der Waals surface area (Å²) in [7, 11) is 0. The minimum Gasteiger partial charge on any atom is -0.369 e. The SMILES string of the molecule is C=CCC(C(N)=O)C(CC(C)C)C(=O)NC1CCCCn2c(-c3ccc(-c4ccccc4)cc3)nnc21. The Balaban J connectivity index is 1.58. The average Bonchev–Trinajstić information content (AvgIpc) is 3.22. The van der Waals surface area contributed by atoms with E-state index >= 15 is 0 Å². The summed E-state index contributed by atoms with van der Waals surface area (Å²) < 4.78 is 2.13. The monoisotopic (exact) mass is 499 g/mol. The molecule has 0 spiro atoms. The van der Waals surface area contributed by atoms with Gasteiger partial charge in [0.15, 0.2) is 11.6 Å². The van der Waals surface area contributed by atoms with Crippen LogP contribution >= 0.6 is 0 Å². The topological polar surface area (TPSA) is 103 Å². The number of carbonyl (C=O) groups excluding carboxylic acids is 2. The van der Waals surface area contributed by atoms with Crippen molar-refractivity contribution in [1.82, 2.24) is 20.1 Å². The number of nitrogens with one attached hydrogen (secondary N) is 1. The zero-order chi connectivity index (χ0) is 26.4. The van der Waals surface area contributed by atoms with E-state index in [-0.39, 0.29) is 17.9 Å². The number of allylic oxidation sites excluding steroid dienone is 1. The molecule has 194 valence electrons. The van der Waals surface area contributed by atoms with Crippen LogP contribution in [0.1, 0.15) is 57.8 Å². The third kappa shape index (κ3) is 6.16. The van der Waals surface area contributed by atoms with E-state index in [9.17, 15) is 9.59 Å². The summed E-state index contributed by atoms with van der Waals surface area (Å²) in [5.41, 5.74) is 8.99. The lowest BCUT2D eigenvalue weighted by atomic mass is 9.82. The first-order chi connectivity index (χ1) is 17.9. The van der Waals surface area contributed by atoms with Crippen molar-refractivity contribution in [3.63, 3.8) is 0 Å². The van der Waals surface area contributed by atoms with E-state index in [0.717, 1.165) is 48.6 Å². The Morgan fingerprint density at radius 1 is 1.03 bits per heavy atom. The van der Waals surface area contributed by atoms with Gasteiger partial charge in [-0.05, 0) is 49.1 Å². The van der Waals surface area contributed by atoms with Crippen molar-refractivity contribution in [2.24, 2.45) is 23.5 Å². The van der Waals surface area contributed by atoms with Crippen molar-refractivity contribution in [2.45, 2.75) is 58.5 Å². The molecule has 0 radical (unpaired) electrons. The van der Waals surface area contributed by atoms with E-state index in [4.69, 9.17) is 5.73 Å². The number of aromatic nitrogens is 3. The van der Waals surface area contributed by atoms with Gasteiger partial charge in [-0.15, -0.1) is 16.8 Å². The minimum absolute atomic E-state index is 0.158. The van der Waals surface area contributed by atoms with E-state index in [2.05, 4.69) is 63.1 Å². The number of primary amides is 1. The van der Waals surface area contributed by atoms with Crippen LogP contribution < -0.4 is 11.1 Å². The van der Waals surface area contributed by atoms with Crippen molar-refractivity contribution in [3.05, 3.63) is 73.1 Å². The summed E-state index contributed by atoms with van der Waals surface area (Å²) >= 11 is 0. The van der Waals surface area contributed by atoms with Gasteiger partial charge >= 0.3 is 0 Å². The normalized spacial score (nSPS) is 16.9. The predicted octanol–water partition coefficient (Wildman–Crippen LogP) is 5.29. The van der Waals surface area contributed by atoms with Gasteiger partial charge in [-0.3, -0.25) is 9.59 Å². The van der Waals surface area contributed by atoms with E-state index in [1.54, 1.807) is 6.08 Å². The molecule has 0 saturated carbocycles. The maximum Gasteiger partial charge on any atom is 0.224 e. The lowest BCUT2D eigenvalue weighted by molar-refractivity contribution is -0.134. The molecule has 4 rings (SSSR count). The van der Waals surface area contributed by atoms with E-state index in [0.29, 0.717) is 12.8 Å². The van der Waals surface area contributed by atoms with Crippen LogP contribution in [0, 0.1) is 17.8 Å². The van der Waals surface area contributed by atoms with Gasteiger partial charge in [0.05, 0.1) is 17.9 Å². The molecular weight excluding hydrogens is 462 g/mol. The highest BCUT2D eigenvalue weighted by atomic mass is 16.2. The summed E-state index contributed by atoms with van der Waals surface area (Å²) in [4.78, 5) is 25.7. The molecule has 3 N–H and O–H groups in total. The van der Waals surface area contributed by atoms with Gasteiger partial charge < -0.3 is 15.6 Å². The number of nitrogens with zero attached hydrogens (tertiary/aromatic N) is 3. The molecule has 1 aliphatic rings. The zero-order valence-electron chi connectivity index (χ0n) is 21.8. The fourth-order valence-electron chi connectivity index (χ4n) is 5.23. The highest BCUT2D eigenvalue weighted by molar-refractivity contribution is 5.87. The summed E-state index contributed by atoms with van der Waals surface area (Å²) in [6, 6.07) is 18.3. The van der Waals surface area contributed by atoms with Crippen LogP contribution in [0.2, 0.25) is 0 Å². The molecule has 2 heterocycles. The number of hydrogen-bond donors (Lipinski definition) is 2. The van der Waals surface area contributed by atoms with Gasteiger partial charge in [-0.25, -0.2) is 0 Å². The highest BCUT2D eigenvalue weighted by Crippen LogP contribution is 2.31. The molecule has 37 heavy (non-hydrogen) atoms. The number of hydrogen-bond acceptors (Lipinski definition) is 4. The summed E-state index contributed by atoms with van der Waals surface area (Å²) in [6.07, 6.45) is 5.32. The fourth-order valence-corrected chi connectivity index (χ4v) is 5.23. The average molecular weight is 500 g/mol. The maximum absolute atomic E-state index is 13.5. The number of carbonyl (C=O) groups is 2. The molecule has 7 nitrogen and oxygen atoms in total. The first-order valence-corrected chi connectivity index (χ1v) is 13.2. The number of amides is 2. The van der Waals surface area contributed by atoms with Gasteiger partial charge in [0.1, 0.15) is 0 Å². The van der Waals surface area contributed by atoms with Crippen molar-refractivity contribution in [2.75, 3.05) is 0 Å². The molecule has 2 amide bonds. The summed E-state index contributed by atoms with van der Waals surface area (Å²) in [6.45, 7) is 8.64. The lowest BCUT2D eigenvalue weighted by Crippen LogP contribution is -2.42. The van der Waals surface area contributed by atoms with Crippen LogP contribution in [0.4, 0.5) is 0 Å². The Labute approximate surface area is 219 Å². The van der Waals surface area contributed by atoms with Gasteiger partial charge in [-0.1, -0.05) is 74.5 Å². The standard InChI is InChI=1S/C30H37N5O2/c1-4-10-24(27(31)36)25(19-20(2)3)30(37)32-26-13-8-9-18-35-28(33-34-29(26)35)23-16-14-22(15-17-23)21-11-6-5-7-12-21/h4-7,11-12,14-17,20,24-26H,1,8-10,13,18-19H2,2-3H3,(H2,31,36)(H,32,37). The first kappa shape index (κ1) is 26.3. The van der Waals surface area contributed by atoms with Crippen molar-refractivity contribution >= 4 is 11.8 Å². The molecule has 7 heteroatoms. The molecule has 1 aromatic heterocycles. The van der Waals surface area contributed by atoms with Crippen LogP contribution in [-0.2, 0) is 16.1 Å². The third-order valence-electron chi connectivity index (χ3n) is 7.12. The van der Waals surface area contributed by atoms with E-state index < -0.39 is 17.7 Å². The molecule has 3 atom stereocenters. The second kappa shape index (κ2) is 12.0. The zero-order valence-corrected chi connectivity index (χ0v) is 21.8. The molecule has 0 fully saturated rings. The summed E-state index contributed by atoms with van der Waals surface area (Å²) in [5.74, 6) is 0.0837. The number of benzene rings is 2. The Morgan fingerprint density at radius 3 is 2.35 bits per heavy atom. The third-order valence-corrected chi connectivity index (χ3v) is 7.12. The van der Waals surface area contributed by atoms with Crippen LogP contribution in [-0.4, -0.2) is 26.6 Å². The van der Waals surface area contributed by atoms with Crippen molar-refractivity contribution in [3.8, 4) is 22.5 Å². The van der Waals surface area contributed by atoms with Gasteiger partial charge in [0.25, 0.3) is 0 Å². The molecule has 0 aliphatic carbocycles. The number of nitrogens with two attached hydrogens (primary N) is 1. The molecule has 3 unspecified atom stereocenters. The number of rotatable bonds is 10. The van der Waals surface area contributed by atoms with E-state index in [1.165, 1.54) is 5.56 Å². The molecule has 0 bridgehead atoms. The largest absolute Gasteiger partial charge is 0.369 e. The van der Waals surface area contributed by atoms with Gasteiger partial charge in [0, 0.05) is 12.1 Å². The smallest absolute Gasteiger partial charge is 0.224 e. The van der Waals surface area contributed by atoms with Gasteiger partial charge in [-0.2, -0.15) is 0 Å². The second-order valence-electron chi connectivity index (χ2n) is 10.3. The van der Waals surface area contributed by atoms with Gasteiger partial charge in [0.2, 0.25) is 11.8 Å². The molecule has 2 aromatic carbocycles. The second-order valence-corrected chi connectivity index (χ2v) is 10.3. The van der Waals surface area contributed by atoms with Crippen LogP contribution in [0.25, 0.3) is 22.5 Å². The van der Waals surface area contributed by atoms with Crippen molar-refractivity contribution in [1.29, 1.82) is 0 Å². The Kier molecular flexibility index (Phi) is 8.54. The molecular formula is C30H37N5O2. The fraction of sp³-hybridized carbons (Fsp3) is 0.400. The molecule has 1 aliphatic heterocycles. The predicted molar refractivity (Wildman–Crippen MR) is 146 cm³/mol. The van der Waals surface area contributed by atoms with Crippen molar-refractivity contribution < 1.29 is 9.59 Å². The minimum atomic E-state index is -0.581. The highest BCUT2D eigenvalue weighted by Gasteiger charge is 2.34. The first-order valence-electron chi connectivity index (χ1n) is 13.2. The summed E-state index contributed by atoms with van der Waals surface area (Å²) in [5, 5.41) is 12.3. The number of fused-ring (bicyclic) bond motifs is 1.